The second-order valence-electron chi connectivity index (χ2n) is 5.13. The molecule has 1 aliphatic rings. The number of nitrogens with one attached hydrogen (secondary N) is 1. The highest BCUT2D eigenvalue weighted by Gasteiger charge is 2.32. The van der Waals surface area contributed by atoms with Gasteiger partial charge in [0.25, 0.3) is 0 Å². The second kappa shape index (κ2) is 5.28. The molecule has 1 aromatic rings. The van der Waals surface area contributed by atoms with Crippen LogP contribution in [0.3, 0.4) is 0 Å². The number of anilines is 2. The molecule has 4 heteroatoms. The lowest BCUT2D eigenvalue weighted by Gasteiger charge is -2.27. The Morgan fingerprint density at radius 2 is 2.11 bits per heavy atom. The molecule has 1 aliphatic carbocycles. The summed E-state index contributed by atoms with van der Waals surface area (Å²) in [6, 6.07) is 7.44. The molecule has 0 aliphatic heterocycles. The van der Waals surface area contributed by atoms with Gasteiger partial charge in [0.2, 0.25) is 0 Å². The van der Waals surface area contributed by atoms with Gasteiger partial charge in [0.05, 0.1) is 12.2 Å². The number of aliphatic hydroxyl groups is 1. The molecule has 0 radical (unpaired) electrons. The molecule has 0 saturated heterocycles. The fourth-order valence-corrected chi connectivity index (χ4v) is 2.57. The maximum absolute atomic E-state index is 9.53. The van der Waals surface area contributed by atoms with Crippen molar-refractivity contribution in [1.29, 1.82) is 5.26 Å². The van der Waals surface area contributed by atoms with Crippen LogP contribution in [-0.4, -0.2) is 18.3 Å². The largest absolute Gasteiger partial charge is 0.398 e. The Bertz CT molecular complexity index is 459. The number of rotatable bonds is 4. The molecule has 96 valence electrons. The van der Waals surface area contributed by atoms with Crippen LogP contribution >= 0.6 is 0 Å². The summed E-state index contributed by atoms with van der Waals surface area (Å²) in [7, 11) is 0. The molecule has 4 N–H and O–H groups in total. The van der Waals surface area contributed by atoms with Crippen LogP contribution in [0, 0.1) is 16.7 Å². The fourth-order valence-electron chi connectivity index (χ4n) is 2.57. The summed E-state index contributed by atoms with van der Waals surface area (Å²) < 4.78 is 0. The summed E-state index contributed by atoms with van der Waals surface area (Å²) in [6.07, 6.45) is 4.51. The van der Waals surface area contributed by atoms with Crippen molar-refractivity contribution in [2.24, 2.45) is 5.41 Å². The predicted molar refractivity (Wildman–Crippen MR) is 72.0 cm³/mol. The van der Waals surface area contributed by atoms with Crippen molar-refractivity contribution >= 4 is 11.4 Å². The molecule has 0 heterocycles. The Labute approximate surface area is 107 Å². The highest BCUT2D eigenvalue weighted by molar-refractivity contribution is 5.61. The smallest absolute Gasteiger partial charge is 0.101 e. The van der Waals surface area contributed by atoms with E-state index in [1.54, 1.807) is 12.1 Å². The predicted octanol–water partition coefficient (Wildman–Crippen LogP) is 2.11. The Kier molecular flexibility index (Phi) is 3.73. The number of nitrogens with two attached hydrogens (primary N) is 1. The summed E-state index contributed by atoms with van der Waals surface area (Å²) in [6.45, 7) is 0.971. The van der Waals surface area contributed by atoms with E-state index in [1.165, 1.54) is 12.8 Å². The van der Waals surface area contributed by atoms with Gasteiger partial charge < -0.3 is 16.2 Å². The molecule has 1 aromatic carbocycles. The Morgan fingerprint density at radius 1 is 1.39 bits per heavy atom. The molecule has 2 rings (SSSR count). The van der Waals surface area contributed by atoms with Crippen LogP contribution in [0.5, 0.6) is 0 Å². The van der Waals surface area contributed by atoms with Gasteiger partial charge in [0, 0.05) is 23.3 Å². The summed E-state index contributed by atoms with van der Waals surface area (Å²) >= 11 is 0. The van der Waals surface area contributed by atoms with E-state index in [2.05, 4.69) is 11.4 Å². The fraction of sp³-hybridized carbons (Fsp3) is 0.500. The van der Waals surface area contributed by atoms with Gasteiger partial charge in [-0.2, -0.15) is 5.26 Å². The molecular formula is C14H19N3O. The van der Waals surface area contributed by atoms with Crippen molar-refractivity contribution < 1.29 is 5.11 Å². The molecule has 0 aromatic heterocycles. The van der Waals surface area contributed by atoms with Crippen LogP contribution in [0.1, 0.15) is 31.2 Å². The number of benzene rings is 1. The lowest BCUT2D eigenvalue weighted by atomic mass is 9.87. The van der Waals surface area contributed by atoms with Crippen LogP contribution in [0.15, 0.2) is 18.2 Å². The van der Waals surface area contributed by atoms with E-state index in [0.29, 0.717) is 11.3 Å². The zero-order chi connectivity index (χ0) is 13.0. The van der Waals surface area contributed by atoms with Gasteiger partial charge in [-0.25, -0.2) is 0 Å². The van der Waals surface area contributed by atoms with E-state index in [-0.39, 0.29) is 12.0 Å². The molecule has 18 heavy (non-hydrogen) atoms. The molecule has 4 nitrogen and oxygen atoms in total. The third-order valence-electron chi connectivity index (χ3n) is 3.84. The minimum atomic E-state index is 0.00813. The second-order valence-corrected chi connectivity index (χ2v) is 5.13. The monoisotopic (exact) mass is 245 g/mol. The molecule has 1 saturated carbocycles. The maximum atomic E-state index is 9.53. The van der Waals surface area contributed by atoms with E-state index in [9.17, 15) is 5.11 Å². The SMILES string of the molecule is N#Cc1cc(NCC2(CO)CCCC2)ccc1N. The van der Waals surface area contributed by atoms with Crippen LogP contribution in [0.2, 0.25) is 0 Å². The number of hydrogen-bond donors (Lipinski definition) is 3. The number of aliphatic hydroxyl groups excluding tert-OH is 1. The summed E-state index contributed by atoms with van der Waals surface area (Å²) in [5.74, 6) is 0. The quantitative estimate of drug-likeness (QED) is 0.709. The van der Waals surface area contributed by atoms with E-state index in [1.807, 2.05) is 6.07 Å². The summed E-state index contributed by atoms with van der Waals surface area (Å²) in [4.78, 5) is 0. The summed E-state index contributed by atoms with van der Waals surface area (Å²) in [5.41, 5.74) is 7.57. The van der Waals surface area contributed by atoms with Gasteiger partial charge in [-0.15, -0.1) is 0 Å². The topological polar surface area (TPSA) is 82.1 Å². The summed E-state index contributed by atoms with van der Waals surface area (Å²) in [5, 5.41) is 21.8. The number of hydrogen-bond acceptors (Lipinski definition) is 4. The third-order valence-corrected chi connectivity index (χ3v) is 3.84. The van der Waals surface area contributed by atoms with E-state index >= 15 is 0 Å². The number of nitrogens with zero attached hydrogens (tertiary/aromatic N) is 1. The minimum absolute atomic E-state index is 0.00813. The highest BCUT2D eigenvalue weighted by Crippen LogP contribution is 2.37. The van der Waals surface area contributed by atoms with Crippen molar-refractivity contribution in [3.63, 3.8) is 0 Å². The van der Waals surface area contributed by atoms with Crippen molar-refractivity contribution in [1.82, 2.24) is 0 Å². The van der Waals surface area contributed by atoms with E-state index in [0.717, 1.165) is 25.1 Å². The first-order valence-corrected chi connectivity index (χ1v) is 6.33. The zero-order valence-corrected chi connectivity index (χ0v) is 10.4. The highest BCUT2D eigenvalue weighted by atomic mass is 16.3. The van der Waals surface area contributed by atoms with E-state index in [4.69, 9.17) is 11.0 Å². The first-order chi connectivity index (χ1) is 8.69. The maximum Gasteiger partial charge on any atom is 0.101 e. The first-order valence-electron chi connectivity index (χ1n) is 6.33. The number of nitriles is 1. The standard InChI is InChI=1S/C14H19N3O/c15-8-11-7-12(3-4-13(11)16)17-9-14(10-18)5-1-2-6-14/h3-4,7,17-18H,1-2,5-6,9-10,16H2. The van der Waals surface area contributed by atoms with Crippen molar-refractivity contribution in [2.75, 3.05) is 24.2 Å². The average Bonchev–Trinajstić information content (AvgIpc) is 2.87. The lowest BCUT2D eigenvalue weighted by molar-refractivity contribution is 0.142. The molecule has 0 amide bonds. The van der Waals surface area contributed by atoms with Gasteiger partial charge in [0.15, 0.2) is 0 Å². The normalized spacial score (nSPS) is 17.3. The number of nitrogen functional groups attached to an aromatic ring is 1. The van der Waals surface area contributed by atoms with Crippen LogP contribution < -0.4 is 11.1 Å². The minimum Gasteiger partial charge on any atom is -0.398 e. The zero-order valence-electron chi connectivity index (χ0n) is 10.4. The van der Waals surface area contributed by atoms with Crippen molar-refractivity contribution in [2.45, 2.75) is 25.7 Å². The van der Waals surface area contributed by atoms with Crippen molar-refractivity contribution in [3.8, 4) is 6.07 Å². The Balaban J connectivity index is 2.04. The van der Waals surface area contributed by atoms with Gasteiger partial charge in [-0.1, -0.05) is 12.8 Å². The molecule has 0 unspecified atom stereocenters. The van der Waals surface area contributed by atoms with Gasteiger partial charge in [-0.05, 0) is 31.0 Å². The van der Waals surface area contributed by atoms with Crippen LogP contribution in [0.25, 0.3) is 0 Å². The molecule has 0 bridgehead atoms. The van der Waals surface area contributed by atoms with Gasteiger partial charge in [0.1, 0.15) is 6.07 Å². The Morgan fingerprint density at radius 3 is 2.72 bits per heavy atom. The molecule has 0 atom stereocenters. The lowest BCUT2D eigenvalue weighted by Crippen LogP contribution is -2.30. The Hall–Kier alpha value is -1.73. The van der Waals surface area contributed by atoms with Crippen molar-refractivity contribution in [3.05, 3.63) is 23.8 Å². The molecule has 0 spiro atoms. The third kappa shape index (κ3) is 2.57. The van der Waals surface area contributed by atoms with Gasteiger partial charge in [-0.3, -0.25) is 0 Å². The first kappa shape index (κ1) is 12.7. The average molecular weight is 245 g/mol. The van der Waals surface area contributed by atoms with E-state index < -0.39 is 0 Å². The molecular weight excluding hydrogens is 226 g/mol. The molecule has 1 fully saturated rings. The van der Waals surface area contributed by atoms with Crippen LogP contribution in [0.4, 0.5) is 11.4 Å². The van der Waals surface area contributed by atoms with Gasteiger partial charge >= 0.3 is 0 Å². The van der Waals surface area contributed by atoms with Crippen LogP contribution in [-0.2, 0) is 0 Å².